The number of para-hydroxylation sites is 1. The Kier molecular flexibility index (Phi) is 4.10. The molecule has 0 aromatic heterocycles. The number of rotatable bonds is 4. The van der Waals surface area contributed by atoms with Crippen LogP contribution in [0, 0.1) is 11.7 Å². The van der Waals surface area contributed by atoms with E-state index in [1.807, 2.05) is 6.07 Å². The molecule has 0 saturated heterocycles. The molecule has 0 unspecified atom stereocenters. The van der Waals surface area contributed by atoms with Gasteiger partial charge in [0, 0.05) is 12.6 Å². The summed E-state index contributed by atoms with van der Waals surface area (Å²) in [5.41, 5.74) is 7.08. The Morgan fingerprint density at radius 2 is 2.00 bits per heavy atom. The zero-order chi connectivity index (χ0) is 13.1. The number of hydrogen-bond acceptors (Lipinski definition) is 2. The first-order valence-electron chi connectivity index (χ1n) is 6.90. The van der Waals surface area contributed by atoms with Crippen LogP contribution in [0.5, 0.6) is 0 Å². The highest BCUT2D eigenvalue weighted by Gasteiger charge is 2.25. The molecule has 0 bridgehead atoms. The number of anilines is 2. The van der Waals surface area contributed by atoms with E-state index in [0.717, 1.165) is 12.2 Å². The molecule has 0 atom stereocenters. The molecular weight excluding hydrogens is 227 g/mol. The van der Waals surface area contributed by atoms with Crippen LogP contribution in [0.15, 0.2) is 18.2 Å². The Bertz CT molecular complexity index is 397. The topological polar surface area (TPSA) is 29.3 Å². The van der Waals surface area contributed by atoms with Crippen LogP contribution in [-0.2, 0) is 0 Å². The third-order valence-corrected chi connectivity index (χ3v) is 3.67. The fourth-order valence-corrected chi connectivity index (χ4v) is 2.83. The van der Waals surface area contributed by atoms with Gasteiger partial charge in [-0.2, -0.15) is 0 Å². The van der Waals surface area contributed by atoms with Gasteiger partial charge in [-0.25, -0.2) is 4.39 Å². The Labute approximate surface area is 109 Å². The summed E-state index contributed by atoms with van der Waals surface area (Å²) in [6, 6.07) is 5.65. The quantitative estimate of drug-likeness (QED) is 0.823. The molecule has 0 aliphatic heterocycles. The van der Waals surface area contributed by atoms with Crippen molar-refractivity contribution >= 4 is 11.4 Å². The van der Waals surface area contributed by atoms with Crippen LogP contribution in [0.2, 0.25) is 0 Å². The molecule has 0 spiro atoms. The first kappa shape index (κ1) is 13.2. The van der Waals surface area contributed by atoms with Crippen LogP contribution in [0.1, 0.15) is 39.5 Å². The number of benzene rings is 1. The molecular formula is C15H23FN2. The summed E-state index contributed by atoms with van der Waals surface area (Å²) < 4.78 is 13.6. The Morgan fingerprint density at radius 3 is 2.61 bits per heavy atom. The first-order chi connectivity index (χ1) is 8.59. The van der Waals surface area contributed by atoms with Crippen molar-refractivity contribution in [2.45, 2.75) is 45.6 Å². The lowest BCUT2D eigenvalue weighted by Gasteiger charge is -2.33. The van der Waals surface area contributed by atoms with Crippen LogP contribution in [0.3, 0.4) is 0 Å². The molecule has 3 heteroatoms. The van der Waals surface area contributed by atoms with Gasteiger partial charge in [0.25, 0.3) is 0 Å². The molecule has 0 radical (unpaired) electrons. The second-order valence-electron chi connectivity index (χ2n) is 5.66. The lowest BCUT2D eigenvalue weighted by atomic mass is 10.1. The van der Waals surface area contributed by atoms with E-state index >= 15 is 0 Å². The molecule has 1 aromatic carbocycles. The number of nitrogens with zero attached hydrogens (tertiary/aromatic N) is 1. The standard InChI is InChI=1S/C15H23FN2/c1-11(2)10-18(12-6-3-4-7-12)14-9-5-8-13(16)15(14)17/h5,8-9,11-12H,3-4,6-7,10,17H2,1-2H3. The van der Waals surface area contributed by atoms with Gasteiger partial charge < -0.3 is 10.6 Å². The van der Waals surface area contributed by atoms with E-state index in [4.69, 9.17) is 5.73 Å². The summed E-state index contributed by atoms with van der Waals surface area (Å²) in [6.07, 6.45) is 4.94. The molecule has 0 heterocycles. The molecule has 18 heavy (non-hydrogen) atoms. The fraction of sp³-hybridized carbons (Fsp3) is 0.600. The van der Waals surface area contributed by atoms with Crippen molar-refractivity contribution in [3.05, 3.63) is 24.0 Å². The molecule has 1 aliphatic carbocycles. The minimum atomic E-state index is -0.306. The highest BCUT2D eigenvalue weighted by Crippen LogP contribution is 2.33. The zero-order valence-corrected chi connectivity index (χ0v) is 11.3. The van der Waals surface area contributed by atoms with Crippen LogP contribution in [-0.4, -0.2) is 12.6 Å². The van der Waals surface area contributed by atoms with E-state index in [9.17, 15) is 4.39 Å². The molecule has 0 amide bonds. The van der Waals surface area contributed by atoms with Crippen LogP contribution < -0.4 is 10.6 Å². The Hall–Kier alpha value is -1.25. The van der Waals surface area contributed by atoms with Gasteiger partial charge in [0.15, 0.2) is 0 Å². The van der Waals surface area contributed by atoms with Gasteiger partial charge >= 0.3 is 0 Å². The number of halogens is 1. The van der Waals surface area contributed by atoms with Gasteiger partial charge in [-0.05, 0) is 30.9 Å². The molecule has 1 fully saturated rings. The monoisotopic (exact) mass is 250 g/mol. The number of nitrogen functional groups attached to an aromatic ring is 1. The number of nitrogens with two attached hydrogens (primary N) is 1. The van der Waals surface area contributed by atoms with Crippen molar-refractivity contribution in [1.82, 2.24) is 0 Å². The zero-order valence-electron chi connectivity index (χ0n) is 11.3. The first-order valence-corrected chi connectivity index (χ1v) is 6.90. The average molecular weight is 250 g/mol. The molecule has 1 aromatic rings. The van der Waals surface area contributed by atoms with Crippen LogP contribution in [0.4, 0.5) is 15.8 Å². The maximum Gasteiger partial charge on any atom is 0.148 e. The second-order valence-corrected chi connectivity index (χ2v) is 5.66. The van der Waals surface area contributed by atoms with Crippen molar-refractivity contribution in [3.63, 3.8) is 0 Å². The van der Waals surface area contributed by atoms with E-state index < -0.39 is 0 Å². The van der Waals surface area contributed by atoms with E-state index in [-0.39, 0.29) is 5.82 Å². The average Bonchev–Trinajstić information content (AvgIpc) is 2.83. The van der Waals surface area contributed by atoms with Crippen molar-refractivity contribution in [1.29, 1.82) is 0 Å². The molecule has 2 N–H and O–H groups in total. The summed E-state index contributed by atoms with van der Waals surface area (Å²) in [6.45, 7) is 5.33. The minimum absolute atomic E-state index is 0.296. The second kappa shape index (κ2) is 5.59. The third-order valence-electron chi connectivity index (χ3n) is 3.67. The predicted molar refractivity (Wildman–Crippen MR) is 75.3 cm³/mol. The molecule has 1 saturated carbocycles. The van der Waals surface area contributed by atoms with Gasteiger partial charge in [0.2, 0.25) is 0 Å². The van der Waals surface area contributed by atoms with E-state index in [1.165, 1.54) is 31.7 Å². The summed E-state index contributed by atoms with van der Waals surface area (Å²) in [7, 11) is 0. The van der Waals surface area contributed by atoms with Gasteiger partial charge in [0.05, 0.1) is 11.4 Å². The maximum absolute atomic E-state index is 13.6. The summed E-state index contributed by atoms with van der Waals surface area (Å²) in [5.74, 6) is 0.243. The van der Waals surface area contributed by atoms with Crippen molar-refractivity contribution in [2.75, 3.05) is 17.2 Å². The normalized spacial score (nSPS) is 16.4. The van der Waals surface area contributed by atoms with Gasteiger partial charge in [-0.15, -0.1) is 0 Å². The van der Waals surface area contributed by atoms with E-state index in [2.05, 4.69) is 18.7 Å². The number of hydrogen-bond donors (Lipinski definition) is 1. The fourth-order valence-electron chi connectivity index (χ4n) is 2.83. The summed E-state index contributed by atoms with van der Waals surface area (Å²) in [4.78, 5) is 2.32. The molecule has 100 valence electrons. The predicted octanol–water partition coefficient (Wildman–Crippen LogP) is 3.81. The molecule has 2 nitrogen and oxygen atoms in total. The van der Waals surface area contributed by atoms with Crippen LogP contribution >= 0.6 is 0 Å². The van der Waals surface area contributed by atoms with Gasteiger partial charge in [-0.1, -0.05) is 32.8 Å². The van der Waals surface area contributed by atoms with Crippen molar-refractivity contribution < 1.29 is 4.39 Å². The van der Waals surface area contributed by atoms with Gasteiger partial charge in [0.1, 0.15) is 5.82 Å². The van der Waals surface area contributed by atoms with E-state index in [0.29, 0.717) is 17.6 Å². The highest BCUT2D eigenvalue weighted by atomic mass is 19.1. The molecule has 2 rings (SSSR count). The van der Waals surface area contributed by atoms with Crippen molar-refractivity contribution in [3.8, 4) is 0 Å². The van der Waals surface area contributed by atoms with Crippen LogP contribution in [0.25, 0.3) is 0 Å². The maximum atomic E-state index is 13.6. The summed E-state index contributed by atoms with van der Waals surface area (Å²) in [5, 5.41) is 0. The highest BCUT2D eigenvalue weighted by molar-refractivity contribution is 5.68. The smallest absolute Gasteiger partial charge is 0.148 e. The van der Waals surface area contributed by atoms with E-state index in [1.54, 1.807) is 6.07 Å². The summed E-state index contributed by atoms with van der Waals surface area (Å²) >= 11 is 0. The largest absolute Gasteiger partial charge is 0.395 e. The van der Waals surface area contributed by atoms with Gasteiger partial charge in [-0.3, -0.25) is 0 Å². The Balaban J connectivity index is 2.29. The lowest BCUT2D eigenvalue weighted by Crippen LogP contribution is -2.36. The molecule has 1 aliphatic rings. The Morgan fingerprint density at radius 1 is 1.33 bits per heavy atom. The third kappa shape index (κ3) is 2.77. The lowest BCUT2D eigenvalue weighted by molar-refractivity contribution is 0.534. The van der Waals surface area contributed by atoms with Crippen molar-refractivity contribution in [2.24, 2.45) is 5.92 Å². The minimum Gasteiger partial charge on any atom is -0.395 e. The SMILES string of the molecule is CC(C)CN(c1cccc(F)c1N)C1CCCC1.